The highest BCUT2D eigenvalue weighted by Crippen LogP contribution is 2.31. The lowest BCUT2D eigenvalue weighted by molar-refractivity contribution is -0.143. The molecule has 0 aliphatic rings. The van der Waals surface area contributed by atoms with Crippen LogP contribution in [-0.4, -0.2) is 45.6 Å². The van der Waals surface area contributed by atoms with Crippen molar-refractivity contribution in [2.45, 2.75) is 98.4 Å². The number of para-hydroxylation sites is 1. The molecule has 0 spiro atoms. The Labute approximate surface area is 268 Å². The molecule has 0 radical (unpaired) electrons. The first-order valence-electron chi connectivity index (χ1n) is 15.7. The lowest BCUT2D eigenvalue weighted by Crippen LogP contribution is -2.55. The smallest absolute Gasteiger partial charge is 0.408 e. The molecule has 45 heavy (non-hydrogen) atoms. The minimum atomic E-state index is -1.05. The lowest BCUT2D eigenvalue weighted by atomic mass is 9.93. The van der Waals surface area contributed by atoms with Gasteiger partial charge < -0.3 is 25.4 Å². The van der Waals surface area contributed by atoms with Gasteiger partial charge in [0.1, 0.15) is 23.4 Å². The van der Waals surface area contributed by atoms with E-state index in [9.17, 15) is 19.5 Å². The van der Waals surface area contributed by atoms with Gasteiger partial charge in [-0.05, 0) is 101 Å². The lowest BCUT2D eigenvalue weighted by Gasteiger charge is -2.39. The number of rotatable bonds is 12. The van der Waals surface area contributed by atoms with Gasteiger partial charge in [-0.25, -0.2) is 4.79 Å². The third-order valence-electron chi connectivity index (χ3n) is 7.67. The topological polar surface area (TPSA) is 108 Å². The van der Waals surface area contributed by atoms with E-state index in [2.05, 4.69) is 24.5 Å². The average Bonchev–Trinajstić information content (AvgIpc) is 2.95. The molecule has 0 saturated heterocycles. The molecule has 3 atom stereocenters. The summed E-state index contributed by atoms with van der Waals surface area (Å²) in [5.41, 5.74) is 3.08. The summed E-state index contributed by atoms with van der Waals surface area (Å²) in [7, 11) is 0. The number of ether oxygens (including phenoxy) is 1. The van der Waals surface area contributed by atoms with Crippen molar-refractivity contribution >= 4 is 23.6 Å². The number of nitrogens with zero attached hydrogens (tertiary/aromatic N) is 1. The zero-order chi connectivity index (χ0) is 33.3. The summed E-state index contributed by atoms with van der Waals surface area (Å²) in [6.07, 6.45) is 0.895. The summed E-state index contributed by atoms with van der Waals surface area (Å²) >= 11 is 0. The zero-order valence-electron chi connectivity index (χ0n) is 27.9. The van der Waals surface area contributed by atoms with Gasteiger partial charge in [-0.15, -0.1) is 0 Å². The van der Waals surface area contributed by atoms with Gasteiger partial charge in [0.25, 0.3) is 5.91 Å². The number of hydrogen-bond acceptors (Lipinski definition) is 5. The van der Waals surface area contributed by atoms with E-state index in [0.717, 1.165) is 23.1 Å². The quantitative estimate of drug-likeness (QED) is 0.196. The number of anilines is 1. The molecular formula is C37H49N3O5. The number of aryl methyl sites for hydroxylation is 2. The Kier molecular flexibility index (Phi) is 12.2. The van der Waals surface area contributed by atoms with Crippen molar-refractivity contribution < 1.29 is 24.2 Å². The summed E-state index contributed by atoms with van der Waals surface area (Å²) in [6, 6.07) is 19.2. The number of alkyl carbamates (subject to hydrolysis) is 1. The Bertz CT molecular complexity index is 1440. The van der Waals surface area contributed by atoms with Crippen LogP contribution in [0.15, 0.2) is 72.8 Å². The molecule has 0 bridgehead atoms. The van der Waals surface area contributed by atoms with E-state index in [1.165, 1.54) is 0 Å². The van der Waals surface area contributed by atoms with Crippen LogP contribution in [0.3, 0.4) is 0 Å². The van der Waals surface area contributed by atoms with Crippen LogP contribution in [0.5, 0.6) is 5.75 Å². The maximum absolute atomic E-state index is 14.9. The third kappa shape index (κ3) is 10.4. The highest BCUT2D eigenvalue weighted by atomic mass is 16.6. The second-order valence-electron chi connectivity index (χ2n) is 13.2. The molecule has 3 amide bonds. The fourth-order valence-electron chi connectivity index (χ4n) is 5.24. The maximum atomic E-state index is 14.9. The first-order valence-corrected chi connectivity index (χ1v) is 15.7. The van der Waals surface area contributed by atoms with Crippen LogP contribution >= 0.6 is 0 Å². The minimum absolute atomic E-state index is 0.0955. The Morgan fingerprint density at radius 2 is 1.44 bits per heavy atom. The fourth-order valence-corrected chi connectivity index (χ4v) is 5.24. The monoisotopic (exact) mass is 615 g/mol. The normalized spacial score (nSPS) is 13.4. The number of nitrogens with one attached hydrogen (secondary N) is 2. The van der Waals surface area contributed by atoms with Crippen molar-refractivity contribution in [3.8, 4) is 5.75 Å². The molecule has 3 rings (SSSR count). The first kappa shape index (κ1) is 35.2. The summed E-state index contributed by atoms with van der Waals surface area (Å²) in [5.74, 6) is -0.268. The second kappa shape index (κ2) is 15.6. The molecule has 0 heterocycles. The van der Waals surface area contributed by atoms with Crippen LogP contribution in [0.25, 0.3) is 0 Å². The van der Waals surface area contributed by atoms with Gasteiger partial charge >= 0.3 is 6.09 Å². The molecule has 3 N–H and O–H groups in total. The molecule has 8 nitrogen and oxygen atoms in total. The van der Waals surface area contributed by atoms with Gasteiger partial charge in [-0.2, -0.15) is 0 Å². The van der Waals surface area contributed by atoms with E-state index < -0.39 is 29.7 Å². The van der Waals surface area contributed by atoms with Crippen molar-refractivity contribution in [2.24, 2.45) is 5.92 Å². The van der Waals surface area contributed by atoms with Gasteiger partial charge in [0, 0.05) is 18.2 Å². The number of hydrogen-bond donors (Lipinski definition) is 3. The molecule has 3 aromatic carbocycles. The molecule has 0 aliphatic heterocycles. The summed E-state index contributed by atoms with van der Waals surface area (Å²) in [4.78, 5) is 44.0. The van der Waals surface area contributed by atoms with Crippen LogP contribution in [0.4, 0.5) is 10.5 Å². The van der Waals surface area contributed by atoms with E-state index in [1.807, 2.05) is 69.3 Å². The summed E-state index contributed by atoms with van der Waals surface area (Å²) in [6.45, 7) is 15.3. The van der Waals surface area contributed by atoms with Crippen LogP contribution in [0, 0.1) is 19.8 Å². The van der Waals surface area contributed by atoms with Gasteiger partial charge in [0.05, 0.1) is 0 Å². The second-order valence-corrected chi connectivity index (χ2v) is 13.2. The summed E-state index contributed by atoms with van der Waals surface area (Å²) < 4.78 is 5.56. The Hall–Kier alpha value is -4.33. The van der Waals surface area contributed by atoms with E-state index in [0.29, 0.717) is 23.6 Å². The number of amides is 3. The fraction of sp³-hybridized carbons (Fsp3) is 0.432. The van der Waals surface area contributed by atoms with E-state index in [4.69, 9.17) is 4.74 Å². The third-order valence-corrected chi connectivity index (χ3v) is 7.67. The Morgan fingerprint density at radius 3 is 2.02 bits per heavy atom. The van der Waals surface area contributed by atoms with Crippen molar-refractivity contribution in [1.82, 2.24) is 10.2 Å². The number of benzene rings is 3. The molecule has 0 fully saturated rings. The van der Waals surface area contributed by atoms with E-state index in [-0.39, 0.29) is 24.1 Å². The van der Waals surface area contributed by atoms with Crippen molar-refractivity contribution in [2.75, 3.05) is 5.32 Å². The Balaban J connectivity index is 2.15. The van der Waals surface area contributed by atoms with E-state index in [1.54, 1.807) is 49.9 Å². The van der Waals surface area contributed by atoms with Crippen LogP contribution in [0.1, 0.15) is 82.7 Å². The first-order chi connectivity index (χ1) is 21.2. The number of phenols is 1. The molecule has 0 aromatic heterocycles. The van der Waals surface area contributed by atoms with Gasteiger partial charge in [-0.1, -0.05) is 68.4 Å². The van der Waals surface area contributed by atoms with Crippen LogP contribution in [-0.2, 0) is 20.7 Å². The van der Waals surface area contributed by atoms with Crippen LogP contribution in [0.2, 0.25) is 0 Å². The molecule has 3 unspecified atom stereocenters. The molecule has 242 valence electrons. The van der Waals surface area contributed by atoms with Crippen molar-refractivity contribution in [3.63, 3.8) is 0 Å². The zero-order valence-corrected chi connectivity index (χ0v) is 27.9. The largest absolute Gasteiger partial charge is 0.508 e. The predicted molar refractivity (Wildman–Crippen MR) is 179 cm³/mol. The van der Waals surface area contributed by atoms with E-state index >= 15 is 0 Å². The number of aromatic hydroxyl groups is 1. The molecule has 3 aromatic rings. The standard InChI is InChI=1S/C37H49N3O5/c1-24(2)17-18-27(5)40(33(30-15-11-9-13-25(30)3)34(42)38-31-16-12-10-14-26(31)4)35(43)32(39-36(44)45-37(6,7)8)23-28-19-21-29(41)22-20-28/h9-16,19-22,24,27,32-33,41H,17-18,23H2,1-8H3,(H,38,42)(H,39,44). The minimum Gasteiger partial charge on any atom is -0.508 e. The highest BCUT2D eigenvalue weighted by molar-refractivity contribution is 5.99. The van der Waals surface area contributed by atoms with Gasteiger partial charge in [0.15, 0.2) is 0 Å². The van der Waals surface area contributed by atoms with Crippen LogP contribution < -0.4 is 10.6 Å². The number of carbonyl (C=O) groups is 3. The molecule has 8 heteroatoms. The van der Waals surface area contributed by atoms with Gasteiger partial charge in [0.2, 0.25) is 5.91 Å². The SMILES string of the molecule is Cc1ccccc1NC(=O)C(c1ccccc1C)N(C(=O)C(Cc1ccc(O)cc1)NC(=O)OC(C)(C)C)C(C)CCC(C)C. The molecule has 0 aliphatic carbocycles. The molecule has 0 saturated carbocycles. The van der Waals surface area contributed by atoms with Gasteiger partial charge in [-0.3, -0.25) is 9.59 Å². The number of carbonyl (C=O) groups excluding carboxylic acids is 3. The molecular weight excluding hydrogens is 566 g/mol. The average molecular weight is 616 g/mol. The summed E-state index contributed by atoms with van der Waals surface area (Å²) in [5, 5.41) is 15.7. The maximum Gasteiger partial charge on any atom is 0.408 e. The highest BCUT2D eigenvalue weighted by Gasteiger charge is 2.39. The van der Waals surface area contributed by atoms with Crippen molar-refractivity contribution in [3.05, 3.63) is 95.1 Å². The predicted octanol–water partition coefficient (Wildman–Crippen LogP) is 7.48. The Morgan fingerprint density at radius 1 is 0.844 bits per heavy atom. The van der Waals surface area contributed by atoms with Crippen molar-refractivity contribution in [1.29, 1.82) is 0 Å². The number of phenolic OH excluding ortho intramolecular Hbond substituents is 1.